The normalized spacial score (nSPS) is 28.4. The molecule has 1 aliphatic carbocycles. The number of rotatable bonds is 6. The summed E-state index contributed by atoms with van der Waals surface area (Å²) < 4.78 is 0. The fourth-order valence-corrected chi connectivity index (χ4v) is 3.60. The van der Waals surface area contributed by atoms with Gasteiger partial charge in [0.25, 0.3) is 0 Å². The first-order valence-corrected chi connectivity index (χ1v) is 8.59. The van der Waals surface area contributed by atoms with Crippen molar-refractivity contribution in [3.63, 3.8) is 0 Å². The largest absolute Gasteiger partial charge is 0.317 e. The van der Waals surface area contributed by atoms with Crippen molar-refractivity contribution < 1.29 is 0 Å². The Labute approximate surface area is 127 Å². The van der Waals surface area contributed by atoms with E-state index in [-0.39, 0.29) is 0 Å². The smallest absolute Gasteiger partial charge is 0.0105 e. The summed E-state index contributed by atoms with van der Waals surface area (Å²) in [5, 5.41) is 3.57. The topological polar surface area (TPSA) is 15.3 Å². The van der Waals surface area contributed by atoms with E-state index in [1.807, 2.05) is 0 Å². The second kappa shape index (κ2) is 7.79. The second-order valence-electron chi connectivity index (χ2n) is 8.48. The molecule has 0 radical (unpaired) electrons. The van der Waals surface area contributed by atoms with Gasteiger partial charge in [0.1, 0.15) is 0 Å². The first-order valence-electron chi connectivity index (χ1n) is 8.59. The molecule has 0 saturated heterocycles. The van der Waals surface area contributed by atoms with Gasteiger partial charge in [0.05, 0.1) is 0 Å². The van der Waals surface area contributed by atoms with Crippen molar-refractivity contribution in [2.75, 3.05) is 27.2 Å². The molecular formula is C18H38N2. The maximum absolute atomic E-state index is 3.57. The number of nitrogens with one attached hydrogen (secondary N) is 1. The van der Waals surface area contributed by atoms with Crippen LogP contribution in [0.5, 0.6) is 0 Å². The van der Waals surface area contributed by atoms with Gasteiger partial charge in [-0.25, -0.2) is 0 Å². The predicted molar refractivity (Wildman–Crippen MR) is 90.1 cm³/mol. The van der Waals surface area contributed by atoms with Gasteiger partial charge in [-0.05, 0) is 69.5 Å². The van der Waals surface area contributed by atoms with Gasteiger partial charge in [0.2, 0.25) is 0 Å². The average molecular weight is 283 g/mol. The van der Waals surface area contributed by atoms with Gasteiger partial charge in [0.15, 0.2) is 0 Å². The number of hydrogen-bond donors (Lipinski definition) is 1. The molecule has 0 aromatic heterocycles. The molecule has 0 aromatic carbocycles. The Hall–Kier alpha value is -0.0800. The van der Waals surface area contributed by atoms with E-state index >= 15 is 0 Å². The van der Waals surface area contributed by atoms with Crippen molar-refractivity contribution in [1.29, 1.82) is 0 Å². The Morgan fingerprint density at radius 2 is 1.85 bits per heavy atom. The van der Waals surface area contributed by atoms with Crippen LogP contribution in [-0.2, 0) is 0 Å². The lowest BCUT2D eigenvalue weighted by atomic mass is 9.67. The molecule has 0 heterocycles. The molecule has 1 rings (SSSR count). The molecule has 1 aliphatic rings. The highest BCUT2D eigenvalue weighted by molar-refractivity contribution is 4.89. The third kappa shape index (κ3) is 5.73. The minimum Gasteiger partial charge on any atom is -0.317 e. The Morgan fingerprint density at radius 3 is 2.35 bits per heavy atom. The monoisotopic (exact) mass is 282 g/mol. The van der Waals surface area contributed by atoms with Crippen LogP contribution in [0.25, 0.3) is 0 Å². The van der Waals surface area contributed by atoms with Gasteiger partial charge in [-0.3, -0.25) is 0 Å². The molecule has 0 amide bonds. The van der Waals surface area contributed by atoms with Gasteiger partial charge >= 0.3 is 0 Å². The quantitative estimate of drug-likeness (QED) is 0.791. The van der Waals surface area contributed by atoms with Gasteiger partial charge in [-0.15, -0.1) is 0 Å². The van der Waals surface area contributed by atoms with Crippen molar-refractivity contribution in [2.24, 2.45) is 23.2 Å². The SMILES string of the molecule is CNC1CCC(C(C)(C)C)CC1CN(C)CCC(C)C. The Bertz CT molecular complexity index is 267. The lowest BCUT2D eigenvalue weighted by molar-refractivity contribution is 0.0950. The van der Waals surface area contributed by atoms with Gasteiger partial charge in [-0.1, -0.05) is 34.6 Å². The zero-order valence-electron chi connectivity index (χ0n) is 15.0. The van der Waals surface area contributed by atoms with Crippen LogP contribution >= 0.6 is 0 Å². The van der Waals surface area contributed by atoms with Crippen LogP contribution in [0, 0.1) is 23.2 Å². The summed E-state index contributed by atoms with van der Waals surface area (Å²) in [6.45, 7) is 14.4. The minimum absolute atomic E-state index is 0.466. The molecule has 20 heavy (non-hydrogen) atoms. The highest BCUT2D eigenvalue weighted by atomic mass is 15.1. The van der Waals surface area contributed by atoms with Crippen LogP contribution in [0.1, 0.15) is 60.3 Å². The van der Waals surface area contributed by atoms with E-state index in [1.165, 1.54) is 38.8 Å². The van der Waals surface area contributed by atoms with E-state index < -0.39 is 0 Å². The average Bonchev–Trinajstić information content (AvgIpc) is 2.35. The fraction of sp³-hybridized carbons (Fsp3) is 1.00. The molecule has 2 heteroatoms. The summed E-state index contributed by atoms with van der Waals surface area (Å²) in [7, 11) is 4.44. The molecule has 2 nitrogen and oxygen atoms in total. The Kier molecular flexibility index (Phi) is 7.00. The van der Waals surface area contributed by atoms with Crippen molar-refractivity contribution >= 4 is 0 Å². The highest BCUT2D eigenvalue weighted by Gasteiger charge is 2.35. The van der Waals surface area contributed by atoms with E-state index in [1.54, 1.807) is 0 Å². The molecule has 0 bridgehead atoms. The highest BCUT2D eigenvalue weighted by Crippen LogP contribution is 2.40. The lowest BCUT2D eigenvalue weighted by Crippen LogP contribution is -2.46. The molecule has 0 aromatic rings. The molecule has 0 aliphatic heterocycles. The van der Waals surface area contributed by atoms with Crippen molar-refractivity contribution in [1.82, 2.24) is 10.2 Å². The van der Waals surface area contributed by atoms with E-state index in [2.05, 4.69) is 58.9 Å². The molecule has 3 atom stereocenters. The third-order valence-electron chi connectivity index (χ3n) is 5.21. The summed E-state index contributed by atoms with van der Waals surface area (Å²) in [6.07, 6.45) is 5.44. The molecule has 120 valence electrons. The van der Waals surface area contributed by atoms with Gasteiger partial charge in [-0.2, -0.15) is 0 Å². The van der Waals surface area contributed by atoms with E-state index in [4.69, 9.17) is 0 Å². The van der Waals surface area contributed by atoms with E-state index in [0.29, 0.717) is 5.41 Å². The van der Waals surface area contributed by atoms with Crippen LogP contribution in [0.15, 0.2) is 0 Å². The van der Waals surface area contributed by atoms with Crippen LogP contribution in [-0.4, -0.2) is 38.1 Å². The summed E-state index contributed by atoms with van der Waals surface area (Å²) in [6, 6.07) is 0.718. The fourth-order valence-electron chi connectivity index (χ4n) is 3.60. The first kappa shape index (κ1) is 18.0. The standard InChI is InChI=1S/C18H38N2/c1-14(2)10-11-20(7)13-15-12-16(18(3,4)5)8-9-17(15)19-6/h14-17,19H,8-13H2,1-7H3. The summed E-state index contributed by atoms with van der Waals surface area (Å²) in [5.74, 6) is 2.51. The van der Waals surface area contributed by atoms with Crippen molar-refractivity contribution in [3.8, 4) is 0 Å². The van der Waals surface area contributed by atoms with Gasteiger partial charge < -0.3 is 10.2 Å². The third-order valence-corrected chi connectivity index (χ3v) is 5.21. The summed E-state index contributed by atoms with van der Waals surface area (Å²) >= 11 is 0. The Balaban J connectivity index is 2.54. The van der Waals surface area contributed by atoms with Crippen molar-refractivity contribution in [2.45, 2.75) is 66.3 Å². The van der Waals surface area contributed by atoms with Crippen molar-refractivity contribution in [3.05, 3.63) is 0 Å². The zero-order valence-corrected chi connectivity index (χ0v) is 15.0. The van der Waals surface area contributed by atoms with Crippen LogP contribution in [0.3, 0.4) is 0 Å². The second-order valence-corrected chi connectivity index (χ2v) is 8.48. The molecule has 0 spiro atoms. The van der Waals surface area contributed by atoms with Crippen LogP contribution in [0.2, 0.25) is 0 Å². The summed E-state index contributed by atoms with van der Waals surface area (Å²) in [4.78, 5) is 2.56. The first-order chi connectivity index (χ1) is 9.24. The zero-order chi connectivity index (χ0) is 15.3. The maximum atomic E-state index is 3.57. The lowest BCUT2D eigenvalue weighted by Gasteiger charge is -2.43. The van der Waals surface area contributed by atoms with Gasteiger partial charge in [0, 0.05) is 12.6 Å². The molecule has 1 N–H and O–H groups in total. The Morgan fingerprint density at radius 1 is 1.20 bits per heavy atom. The molecule has 1 fully saturated rings. The summed E-state index contributed by atoms with van der Waals surface area (Å²) in [5.41, 5.74) is 0.466. The molecule has 3 unspecified atom stereocenters. The maximum Gasteiger partial charge on any atom is 0.0105 e. The van der Waals surface area contributed by atoms with E-state index in [0.717, 1.165) is 23.8 Å². The number of nitrogens with zero attached hydrogens (tertiary/aromatic N) is 1. The van der Waals surface area contributed by atoms with E-state index in [9.17, 15) is 0 Å². The number of hydrogen-bond acceptors (Lipinski definition) is 2. The van der Waals surface area contributed by atoms with Crippen LogP contribution in [0.4, 0.5) is 0 Å². The predicted octanol–water partition coefficient (Wildman–Crippen LogP) is 4.01. The minimum atomic E-state index is 0.466. The van der Waals surface area contributed by atoms with Crippen LogP contribution < -0.4 is 5.32 Å². The molecular weight excluding hydrogens is 244 g/mol. The molecule has 1 saturated carbocycles.